The summed E-state index contributed by atoms with van der Waals surface area (Å²) in [4.78, 5) is 12.5. The van der Waals surface area contributed by atoms with Gasteiger partial charge in [-0.1, -0.05) is 38.1 Å². The number of benzene rings is 1. The highest BCUT2D eigenvalue weighted by Gasteiger charge is 2.27. The molecule has 0 spiro atoms. The quantitative estimate of drug-likeness (QED) is 0.867. The smallest absolute Gasteiger partial charge is 0.227 e. The largest absolute Gasteiger partial charge is 0.355 e. The number of nitrogens with one attached hydrogen (secondary N) is 1. The molecule has 1 aliphatic rings. The third-order valence-corrected chi connectivity index (χ3v) is 4.25. The van der Waals surface area contributed by atoms with Crippen LogP contribution in [0.25, 0.3) is 0 Å². The van der Waals surface area contributed by atoms with Gasteiger partial charge in [0.05, 0.1) is 5.92 Å². The van der Waals surface area contributed by atoms with E-state index >= 15 is 0 Å². The third-order valence-electron chi connectivity index (χ3n) is 4.25. The zero-order valence-corrected chi connectivity index (χ0v) is 12.6. The van der Waals surface area contributed by atoms with Crippen molar-refractivity contribution in [3.8, 4) is 0 Å². The van der Waals surface area contributed by atoms with E-state index in [1.807, 2.05) is 6.07 Å². The van der Waals surface area contributed by atoms with Crippen LogP contribution in [-0.2, 0) is 11.2 Å². The predicted molar refractivity (Wildman–Crippen MR) is 82.6 cm³/mol. The van der Waals surface area contributed by atoms with E-state index in [9.17, 15) is 4.79 Å². The molecule has 3 N–H and O–H groups in total. The maximum atomic E-state index is 12.5. The first kappa shape index (κ1) is 15.0. The molecule has 3 heteroatoms. The van der Waals surface area contributed by atoms with Gasteiger partial charge in [0.15, 0.2) is 0 Å². The Labute approximate surface area is 121 Å². The van der Waals surface area contributed by atoms with Crippen LogP contribution < -0.4 is 11.1 Å². The molecule has 3 nitrogen and oxygen atoms in total. The van der Waals surface area contributed by atoms with Gasteiger partial charge in [0.2, 0.25) is 5.91 Å². The van der Waals surface area contributed by atoms with E-state index in [1.165, 1.54) is 11.1 Å². The minimum absolute atomic E-state index is 0.0219. The van der Waals surface area contributed by atoms with Crippen molar-refractivity contribution in [2.24, 2.45) is 11.1 Å². The number of aryl methyl sites for hydroxylation is 1. The fraction of sp³-hybridized carbons (Fsp3) is 0.588. The molecular weight excluding hydrogens is 248 g/mol. The standard InChI is InChI=1S/C17H26N2O/c1-17(2,10-11-18)12-19-16(20)15-9-5-7-13-6-3-4-8-14(13)15/h3-4,6,8,15H,5,7,9-12,18H2,1-2H3,(H,19,20). The summed E-state index contributed by atoms with van der Waals surface area (Å²) < 4.78 is 0. The molecular formula is C17H26N2O. The molecule has 0 bridgehead atoms. The molecule has 0 saturated carbocycles. The van der Waals surface area contributed by atoms with Gasteiger partial charge in [-0.2, -0.15) is 0 Å². The van der Waals surface area contributed by atoms with Crippen molar-refractivity contribution in [2.45, 2.75) is 45.4 Å². The number of nitrogens with two attached hydrogens (primary N) is 1. The Hall–Kier alpha value is -1.35. The van der Waals surface area contributed by atoms with Gasteiger partial charge in [-0.3, -0.25) is 4.79 Å². The second-order valence-electron chi connectivity index (χ2n) is 6.56. The van der Waals surface area contributed by atoms with Gasteiger partial charge in [0.25, 0.3) is 0 Å². The van der Waals surface area contributed by atoms with Gasteiger partial charge in [-0.15, -0.1) is 0 Å². The Kier molecular flexibility index (Phi) is 4.81. The van der Waals surface area contributed by atoms with Crippen LogP contribution in [0.2, 0.25) is 0 Å². The second kappa shape index (κ2) is 6.40. The van der Waals surface area contributed by atoms with Crippen LogP contribution >= 0.6 is 0 Å². The van der Waals surface area contributed by atoms with Crippen molar-refractivity contribution >= 4 is 5.91 Å². The minimum Gasteiger partial charge on any atom is -0.355 e. The molecule has 0 aromatic heterocycles. The molecule has 1 unspecified atom stereocenters. The SMILES string of the molecule is CC(C)(CCN)CNC(=O)C1CCCc2ccccc21. The highest BCUT2D eigenvalue weighted by molar-refractivity contribution is 5.84. The molecule has 0 heterocycles. The summed E-state index contributed by atoms with van der Waals surface area (Å²) in [5.41, 5.74) is 8.23. The van der Waals surface area contributed by atoms with Crippen LogP contribution in [0.15, 0.2) is 24.3 Å². The summed E-state index contributed by atoms with van der Waals surface area (Å²) in [6, 6.07) is 8.34. The van der Waals surface area contributed by atoms with Crippen molar-refractivity contribution in [3.63, 3.8) is 0 Å². The average Bonchev–Trinajstić information content (AvgIpc) is 2.44. The van der Waals surface area contributed by atoms with Gasteiger partial charge in [-0.05, 0) is 48.8 Å². The Morgan fingerprint density at radius 1 is 1.40 bits per heavy atom. The molecule has 1 amide bonds. The number of fused-ring (bicyclic) bond motifs is 1. The van der Waals surface area contributed by atoms with Crippen molar-refractivity contribution in [1.29, 1.82) is 0 Å². The molecule has 110 valence electrons. The van der Waals surface area contributed by atoms with Gasteiger partial charge in [0, 0.05) is 6.54 Å². The van der Waals surface area contributed by atoms with Crippen LogP contribution in [0.4, 0.5) is 0 Å². The van der Waals surface area contributed by atoms with E-state index in [-0.39, 0.29) is 17.2 Å². The van der Waals surface area contributed by atoms with Crippen molar-refractivity contribution in [1.82, 2.24) is 5.32 Å². The Bertz CT molecular complexity index is 468. The minimum atomic E-state index is 0.0219. The van der Waals surface area contributed by atoms with Gasteiger partial charge < -0.3 is 11.1 Å². The van der Waals surface area contributed by atoms with Crippen LogP contribution in [0.5, 0.6) is 0 Å². The Morgan fingerprint density at radius 2 is 2.15 bits per heavy atom. The molecule has 1 aromatic carbocycles. The van der Waals surface area contributed by atoms with E-state index < -0.39 is 0 Å². The maximum Gasteiger partial charge on any atom is 0.227 e. The Balaban J connectivity index is 2.01. The Morgan fingerprint density at radius 3 is 2.90 bits per heavy atom. The monoisotopic (exact) mass is 274 g/mol. The van der Waals surface area contributed by atoms with Crippen LogP contribution in [0, 0.1) is 5.41 Å². The number of hydrogen-bond acceptors (Lipinski definition) is 2. The van der Waals surface area contributed by atoms with Crippen LogP contribution in [0.1, 0.15) is 50.2 Å². The van der Waals surface area contributed by atoms with E-state index in [0.29, 0.717) is 13.1 Å². The lowest BCUT2D eigenvalue weighted by molar-refractivity contribution is -0.123. The van der Waals surface area contributed by atoms with Crippen molar-refractivity contribution < 1.29 is 4.79 Å². The normalized spacial score (nSPS) is 18.4. The molecule has 1 aromatic rings. The summed E-state index contributed by atoms with van der Waals surface area (Å²) in [6.07, 6.45) is 4.08. The van der Waals surface area contributed by atoms with Crippen LogP contribution in [-0.4, -0.2) is 19.0 Å². The summed E-state index contributed by atoms with van der Waals surface area (Å²) in [7, 11) is 0. The zero-order valence-electron chi connectivity index (χ0n) is 12.6. The molecule has 1 aliphatic carbocycles. The number of carbonyl (C=O) groups is 1. The summed E-state index contributed by atoms with van der Waals surface area (Å²) in [6.45, 7) is 5.65. The summed E-state index contributed by atoms with van der Waals surface area (Å²) in [5.74, 6) is 0.191. The van der Waals surface area contributed by atoms with E-state index in [1.54, 1.807) is 0 Å². The van der Waals surface area contributed by atoms with Gasteiger partial charge in [-0.25, -0.2) is 0 Å². The number of hydrogen-bond donors (Lipinski definition) is 2. The first-order chi connectivity index (χ1) is 9.53. The molecule has 0 radical (unpaired) electrons. The lowest BCUT2D eigenvalue weighted by Crippen LogP contribution is -2.38. The zero-order chi connectivity index (χ0) is 14.6. The molecule has 0 aliphatic heterocycles. The fourth-order valence-electron chi connectivity index (χ4n) is 2.95. The number of carbonyl (C=O) groups excluding carboxylic acids is 1. The fourth-order valence-corrected chi connectivity index (χ4v) is 2.95. The first-order valence-corrected chi connectivity index (χ1v) is 7.59. The third kappa shape index (κ3) is 3.60. The topological polar surface area (TPSA) is 55.1 Å². The highest BCUT2D eigenvalue weighted by Crippen LogP contribution is 2.31. The van der Waals surface area contributed by atoms with E-state index in [0.717, 1.165) is 25.7 Å². The van der Waals surface area contributed by atoms with Crippen molar-refractivity contribution in [3.05, 3.63) is 35.4 Å². The van der Waals surface area contributed by atoms with Crippen molar-refractivity contribution in [2.75, 3.05) is 13.1 Å². The molecule has 0 saturated heterocycles. The lowest BCUT2D eigenvalue weighted by Gasteiger charge is -2.28. The summed E-state index contributed by atoms with van der Waals surface area (Å²) >= 11 is 0. The lowest BCUT2D eigenvalue weighted by atomic mass is 9.82. The molecule has 2 rings (SSSR count). The van der Waals surface area contributed by atoms with Gasteiger partial charge >= 0.3 is 0 Å². The maximum absolute atomic E-state index is 12.5. The molecule has 0 fully saturated rings. The van der Waals surface area contributed by atoms with E-state index in [2.05, 4.69) is 37.4 Å². The second-order valence-corrected chi connectivity index (χ2v) is 6.56. The molecule has 1 atom stereocenters. The predicted octanol–water partition coefficient (Wildman–Crippen LogP) is 2.60. The van der Waals surface area contributed by atoms with Crippen LogP contribution in [0.3, 0.4) is 0 Å². The highest BCUT2D eigenvalue weighted by atomic mass is 16.1. The molecule has 20 heavy (non-hydrogen) atoms. The first-order valence-electron chi connectivity index (χ1n) is 7.59. The van der Waals surface area contributed by atoms with E-state index in [4.69, 9.17) is 5.73 Å². The number of rotatable bonds is 5. The summed E-state index contributed by atoms with van der Waals surface area (Å²) in [5, 5.41) is 3.12. The average molecular weight is 274 g/mol. The van der Waals surface area contributed by atoms with Gasteiger partial charge in [0.1, 0.15) is 0 Å². The number of amides is 1.